The fourth-order valence-electron chi connectivity index (χ4n) is 3.29. The van der Waals surface area contributed by atoms with Crippen molar-refractivity contribution in [3.63, 3.8) is 0 Å². The average molecular weight is 406 g/mol. The normalized spacial score (nSPS) is 17.5. The lowest BCUT2D eigenvalue weighted by Gasteiger charge is -2.28. The third-order valence-electron chi connectivity index (χ3n) is 4.53. The molecule has 142 valence electrons. The molecule has 3 N–H and O–H groups in total. The van der Waals surface area contributed by atoms with Gasteiger partial charge in [-0.2, -0.15) is 0 Å². The minimum absolute atomic E-state index is 0.0370. The second-order valence-corrected chi connectivity index (χ2v) is 7.77. The molecule has 0 bridgehead atoms. The Balaban J connectivity index is 1.79. The van der Waals surface area contributed by atoms with Gasteiger partial charge in [0.15, 0.2) is 0 Å². The number of halogens is 1. The van der Waals surface area contributed by atoms with E-state index in [1.165, 1.54) is 0 Å². The van der Waals surface area contributed by atoms with E-state index in [1.807, 2.05) is 17.5 Å². The Morgan fingerprint density at radius 1 is 1.26 bits per heavy atom. The summed E-state index contributed by atoms with van der Waals surface area (Å²) in [5.41, 5.74) is 5.57. The molecular weight excluding hydrogens is 386 g/mol. The van der Waals surface area contributed by atoms with Crippen LogP contribution in [0.2, 0.25) is 5.02 Å². The zero-order valence-electron chi connectivity index (χ0n) is 14.6. The number of amides is 3. The Morgan fingerprint density at radius 2 is 2.04 bits per heavy atom. The van der Waals surface area contributed by atoms with Crippen LogP contribution in [-0.2, 0) is 9.59 Å². The van der Waals surface area contributed by atoms with Crippen LogP contribution >= 0.6 is 22.9 Å². The van der Waals surface area contributed by atoms with E-state index >= 15 is 0 Å². The van der Waals surface area contributed by atoms with Crippen molar-refractivity contribution in [2.45, 2.75) is 31.3 Å². The van der Waals surface area contributed by atoms with E-state index < -0.39 is 17.9 Å². The van der Waals surface area contributed by atoms with Gasteiger partial charge in [-0.25, -0.2) is 0 Å². The predicted molar refractivity (Wildman–Crippen MR) is 105 cm³/mol. The van der Waals surface area contributed by atoms with E-state index in [0.29, 0.717) is 6.54 Å². The van der Waals surface area contributed by atoms with E-state index in [1.54, 1.807) is 40.5 Å². The lowest BCUT2D eigenvalue weighted by molar-refractivity contribution is -0.136. The fraction of sp³-hybridized carbons (Fsp3) is 0.316. The summed E-state index contributed by atoms with van der Waals surface area (Å²) >= 11 is 7.65. The molecule has 1 saturated heterocycles. The molecule has 1 aromatic heterocycles. The number of benzene rings is 1. The van der Waals surface area contributed by atoms with Gasteiger partial charge < -0.3 is 16.0 Å². The summed E-state index contributed by atoms with van der Waals surface area (Å²) in [6.45, 7) is 0.582. The maximum Gasteiger partial charge on any atom is 0.253 e. The second kappa shape index (κ2) is 8.54. The smallest absolute Gasteiger partial charge is 0.253 e. The lowest BCUT2D eigenvalue weighted by Crippen LogP contribution is -2.50. The van der Waals surface area contributed by atoms with Gasteiger partial charge in [-0.3, -0.25) is 14.4 Å². The molecule has 1 aliphatic rings. The van der Waals surface area contributed by atoms with E-state index in [-0.39, 0.29) is 29.0 Å². The van der Waals surface area contributed by atoms with Gasteiger partial charge in [-0.05, 0) is 36.4 Å². The van der Waals surface area contributed by atoms with Crippen molar-refractivity contribution in [3.8, 4) is 0 Å². The highest BCUT2D eigenvalue weighted by Gasteiger charge is 2.36. The minimum Gasteiger partial charge on any atom is -0.370 e. The van der Waals surface area contributed by atoms with Crippen LogP contribution in [0.3, 0.4) is 0 Å². The van der Waals surface area contributed by atoms with Crippen molar-refractivity contribution in [2.75, 3.05) is 6.54 Å². The summed E-state index contributed by atoms with van der Waals surface area (Å²) in [4.78, 5) is 40.0. The van der Waals surface area contributed by atoms with E-state index in [0.717, 1.165) is 17.7 Å². The third kappa shape index (κ3) is 4.48. The number of carbonyl (C=O) groups excluding carboxylic acids is 3. The molecule has 3 amide bonds. The van der Waals surface area contributed by atoms with Crippen LogP contribution in [0.25, 0.3) is 0 Å². The Bertz CT molecular complexity index is 840. The van der Waals surface area contributed by atoms with E-state index in [9.17, 15) is 14.4 Å². The molecule has 27 heavy (non-hydrogen) atoms. The van der Waals surface area contributed by atoms with Crippen LogP contribution in [-0.4, -0.2) is 35.2 Å². The van der Waals surface area contributed by atoms with E-state index in [2.05, 4.69) is 5.32 Å². The maximum atomic E-state index is 13.1. The van der Waals surface area contributed by atoms with Gasteiger partial charge in [0, 0.05) is 11.4 Å². The number of nitrogens with one attached hydrogen (secondary N) is 1. The number of rotatable bonds is 6. The first-order valence-electron chi connectivity index (χ1n) is 8.65. The van der Waals surface area contributed by atoms with E-state index in [4.69, 9.17) is 17.3 Å². The molecule has 0 aliphatic carbocycles. The summed E-state index contributed by atoms with van der Waals surface area (Å²) in [5.74, 6) is -1.46. The van der Waals surface area contributed by atoms with Crippen molar-refractivity contribution in [1.29, 1.82) is 0 Å². The van der Waals surface area contributed by atoms with Gasteiger partial charge in [0.2, 0.25) is 11.8 Å². The highest BCUT2D eigenvalue weighted by Crippen LogP contribution is 2.35. The molecule has 1 fully saturated rings. The number of primary amides is 1. The van der Waals surface area contributed by atoms with Gasteiger partial charge in [-0.1, -0.05) is 29.8 Å². The first kappa shape index (κ1) is 19.4. The topological polar surface area (TPSA) is 92.5 Å². The summed E-state index contributed by atoms with van der Waals surface area (Å²) < 4.78 is 0. The molecule has 2 atom stereocenters. The van der Waals surface area contributed by atoms with Crippen molar-refractivity contribution >= 4 is 40.7 Å². The van der Waals surface area contributed by atoms with Gasteiger partial charge in [0.1, 0.15) is 6.04 Å². The van der Waals surface area contributed by atoms with Crippen LogP contribution in [0.1, 0.15) is 40.5 Å². The zero-order valence-corrected chi connectivity index (χ0v) is 16.1. The Labute approximate surface area is 166 Å². The summed E-state index contributed by atoms with van der Waals surface area (Å²) in [7, 11) is 0. The van der Waals surface area contributed by atoms with Crippen LogP contribution in [0.15, 0.2) is 41.8 Å². The standard InChI is InChI=1S/C19H20ClN3O3S/c20-13-6-2-1-5-12(13)18(25)22-14(11-17(21)24)19(26)23-9-3-7-15(23)16-8-4-10-27-16/h1-2,4-6,8,10,14-15H,3,7,9,11H2,(H2,21,24)(H,22,25)/t14-,15+/m1/s1. The molecule has 8 heteroatoms. The SMILES string of the molecule is NC(=O)C[C@@H](NC(=O)c1ccccc1Cl)C(=O)N1CCC[C@H]1c1cccs1. The maximum absolute atomic E-state index is 13.1. The van der Waals surface area contributed by atoms with Crippen LogP contribution in [0.5, 0.6) is 0 Å². The first-order valence-corrected chi connectivity index (χ1v) is 9.90. The largest absolute Gasteiger partial charge is 0.370 e. The number of nitrogens with zero attached hydrogens (tertiary/aromatic N) is 1. The van der Waals surface area contributed by atoms with Crippen LogP contribution < -0.4 is 11.1 Å². The molecule has 2 aromatic rings. The molecule has 0 saturated carbocycles. The van der Waals surface area contributed by atoms with Gasteiger partial charge in [0.25, 0.3) is 5.91 Å². The predicted octanol–water partition coefficient (Wildman–Crippen LogP) is 2.74. The molecule has 0 spiro atoms. The highest BCUT2D eigenvalue weighted by molar-refractivity contribution is 7.10. The van der Waals surface area contributed by atoms with Gasteiger partial charge in [0.05, 0.1) is 23.0 Å². The average Bonchev–Trinajstić information content (AvgIpc) is 3.31. The molecule has 0 radical (unpaired) electrons. The summed E-state index contributed by atoms with van der Waals surface area (Å²) in [6.07, 6.45) is 1.47. The summed E-state index contributed by atoms with van der Waals surface area (Å²) in [5, 5.41) is 4.88. The highest BCUT2D eigenvalue weighted by atomic mass is 35.5. The zero-order chi connectivity index (χ0) is 19.4. The van der Waals surface area contributed by atoms with Gasteiger partial charge in [-0.15, -0.1) is 11.3 Å². The number of hydrogen-bond acceptors (Lipinski definition) is 4. The number of thiophene rings is 1. The first-order chi connectivity index (χ1) is 13.0. The van der Waals surface area contributed by atoms with Crippen molar-refractivity contribution in [2.24, 2.45) is 5.73 Å². The minimum atomic E-state index is -1.02. The lowest BCUT2D eigenvalue weighted by atomic mass is 10.1. The molecule has 1 aromatic carbocycles. The van der Waals surface area contributed by atoms with Crippen molar-refractivity contribution in [3.05, 3.63) is 57.2 Å². The van der Waals surface area contributed by atoms with Crippen LogP contribution in [0.4, 0.5) is 0 Å². The quantitative estimate of drug-likeness (QED) is 0.773. The Morgan fingerprint density at radius 3 is 2.70 bits per heavy atom. The van der Waals surface area contributed by atoms with Crippen molar-refractivity contribution in [1.82, 2.24) is 10.2 Å². The fourth-order valence-corrected chi connectivity index (χ4v) is 4.39. The molecule has 1 aliphatic heterocycles. The van der Waals surface area contributed by atoms with Gasteiger partial charge >= 0.3 is 0 Å². The molecule has 3 rings (SSSR count). The third-order valence-corrected chi connectivity index (χ3v) is 5.84. The molecular formula is C19H20ClN3O3S. The number of carbonyl (C=O) groups is 3. The second-order valence-electron chi connectivity index (χ2n) is 6.38. The Kier molecular flexibility index (Phi) is 6.13. The molecule has 2 heterocycles. The Hall–Kier alpha value is -2.38. The molecule has 0 unspecified atom stereocenters. The number of hydrogen-bond donors (Lipinski definition) is 2. The van der Waals surface area contributed by atoms with Crippen molar-refractivity contribution < 1.29 is 14.4 Å². The number of nitrogens with two attached hydrogens (primary N) is 1. The number of likely N-dealkylation sites (tertiary alicyclic amines) is 1. The monoisotopic (exact) mass is 405 g/mol. The molecule has 6 nitrogen and oxygen atoms in total. The van der Waals surface area contributed by atoms with Crippen LogP contribution in [0, 0.1) is 0 Å². The summed E-state index contributed by atoms with van der Waals surface area (Å²) in [6, 6.07) is 9.42.